The number of nitrogens with zero attached hydrogens (tertiary/aromatic N) is 5. The Bertz CT molecular complexity index is 1500. The largest absolute Gasteiger partial charge is 0.494 e. The molecule has 0 saturated heterocycles. The Morgan fingerprint density at radius 2 is 1.97 bits per heavy atom. The van der Waals surface area contributed by atoms with Crippen molar-refractivity contribution in [1.29, 1.82) is 0 Å². The number of amides is 2. The third-order valence-corrected chi connectivity index (χ3v) is 6.72. The van der Waals surface area contributed by atoms with E-state index in [1.165, 1.54) is 30.9 Å². The molecule has 0 bridgehead atoms. The Morgan fingerprint density at radius 3 is 2.61 bits per heavy atom. The van der Waals surface area contributed by atoms with Crippen LogP contribution < -0.4 is 10.1 Å². The monoisotopic (exact) mass is 490 g/mol. The maximum Gasteiger partial charge on any atom is 0.335 e. The normalized spacial score (nSPS) is 14.2. The molecule has 1 atom stereocenters. The number of carbonyl (C=O) groups is 2. The SMILES string of the molecule is COc1cc(C(=O)O)cc2nc(-c3cc4ccc([C@@H](C)NC(=O)N(C)C)nc4n3CC3CC3)n(C)c12. The summed E-state index contributed by atoms with van der Waals surface area (Å²) in [5.74, 6) is 0.720. The minimum atomic E-state index is -1.03. The van der Waals surface area contributed by atoms with Crippen LogP contribution >= 0.6 is 0 Å². The number of fused-ring (bicyclic) bond motifs is 2. The van der Waals surface area contributed by atoms with E-state index in [1.807, 2.05) is 30.7 Å². The molecule has 2 amide bonds. The molecule has 0 aliphatic heterocycles. The molecule has 1 fully saturated rings. The van der Waals surface area contributed by atoms with Crippen molar-refractivity contribution >= 4 is 34.1 Å². The second kappa shape index (κ2) is 8.85. The van der Waals surface area contributed by atoms with E-state index >= 15 is 0 Å². The van der Waals surface area contributed by atoms with Gasteiger partial charge in [-0.2, -0.15) is 0 Å². The number of imidazole rings is 1. The van der Waals surface area contributed by atoms with Crippen molar-refractivity contribution in [3.63, 3.8) is 0 Å². The van der Waals surface area contributed by atoms with Gasteiger partial charge in [-0.15, -0.1) is 0 Å². The number of aromatic carboxylic acids is 1. The van der Waals surface area contributed by atoms with Gasteiger partial charge in [0.1, 0.15) is 16.9 Å². The number of urea groups is 1. The van der Waals surface area contributed by atoms with Crippen LogP contribution in [0.2, 0.25) is 0 Å². The number of pyridine rings is 1. The zero-order chi connectivity index (χ0) is 25.7. The van der Waals surface area contributed by atoms with Gasteiger partial charge >= 0.3 is 12.0 Å². The highest BCUT2D eigenvalue weighted by molar-refractivity contribution is 5.96. The van der Waals surface area contributed by atoms with Crippen LogP contribution in [-0.4, -0.2) is 62.3 Å². The maximum atomic E-state index is 12.2. The number of carboxylic acid groups (broad SMARTS) is 1. The average molecular weight is 491 g/mol. The Hall–Kier alpha value is -4.08. The van der Waals surface area contributed by atoms with E-state index < -0.39 is 5.97 Å². The molecule has 1 aromatic carbocycles. The van der Waals surface area contributed by atoms with E-state index in [1.54, 1.807) is 20.2 Å². The molecular formula is C26H30N6O4. The number of hydrogen-bond donors (Lipinski definition) is 2. The first-order valence-electron chi connectivity index (χ1n) is 11.9. The summed E-state index contributed by atoms with van der Waals surface area (Å²) < 4.78 is 9.66. The molecule has 1 aliphatic carbocycles. The Kier molecular flexibility index (Phi) is 5.82. The number of aromatic nitrogens is 4. The summed E-state index contributed by atoms with van der Waals surface area (Å²) in [6.45, 7) is 2.73. The molecule has 1 aliphatic rings. The number of methoxy groups -OCH3 is 1. The number of hydrogen-bond acceptors (Lipinski definition) is 5. The molecule has 2 N–H and O–H groups in total. The molecule has 5 rings (SSSR count). The van der Waals surface area contributed by atoms with Crippen molar-refractivity contribution in [1.82, 2.24) is 29.3 Å². The first-order valence-corrected chi connectivity index (χ1v) is 11.9. The first kappa shape index (κ1) is 23.7. The molecule has 3 aromatic heterocycles. The number of carboxylic acids is 1. The van der Waals surface area contributed by atoms with Gasteiger partial charge in [-0.05, 0) is 56.0 Å². The molecule has 3 heterocycles. The minimum Gasteiger partial charge on any atom is -0.494 e. The molecule has 4 aromatic rings. The summed E-state index contributed by atoms with van der Waals surface area (Å²) in [5.41, 5.74) is 3.94. The number of rotatable bonds is 7. The van der Waals surface area contributed by atoms with Crippen LogP contribution in [0.25, 0.3) is 33.6 Å². The van der Waals surface area contributed by atoms with E-state index in [-0.39, 0.29) is 17.6 Å². The van der Waals surface area contributed by atoms with Gasteiger partial charge in [0.25, 0.3) is 0 Å². The smallest absolute Gasteiger partial charge is 0.335 e. The van der Waals surface area contributed by atoms with Crippen LogP contribution in [-0.2, 0) is 13.6 Å². The number of aryl methyl sites for hydroxylation is 1. The maximum absolute atomic E-state index is 12.2. The molecule has 0 unspecified atom stereocenters. The van der Waals surface area contributed by atoms with Crippen LogP contribution in [0.4, 0.5) is 4.79 Å². The fourth-order valence-electron chi connectivity index (χ4n) is 4.52. The fourth-order valence-corrected chi connectivity index (χ4v) is 4.52. The predicted octanol–water partition coefficient (Wildman–Crippen LogP) is 4.04. The van der Waals surface area contributed by atoms with Crippen molar-refractivity contribution in [2.75, 3.05) is 21.2 Å². The third kappa shape index (κ3) is 4.12. The summed E-state index contributed by atoms with van der Waals surface area (Å²) in [6, 6.07) is 8.69. The van der Waals surface area contributed by atoms with Crippen LogP contribution in [0.15, 0.2) is 30.3 Å². The van der Waals surface area contributed by atoms with Crippen molar-refractivity contribution in [2.24, 2.45) is 13.0 Å². The molecule has 10 heteroatoms. The van der Waals surface area contributed by atoms with Gasteiger partial charge in [-0.3, -0.25) is 0 Å². The Labute approximate surface area is 208 Å². The lowest BCUT2D eigenvalue weighted by molar-refractivity contribution is 0.0696. The average Bonchev–Trinajstić information content (AvgIpc) is 3.52. The molecular weight excluding hydrogens is 460 g/mol. The lowest BCUT2D eigenvalue weighted by atomic mass is 10.2. The van der Waals surface area contributed by atoms with E-state index in [2.05, 4.69) is 16.0 Å². The van der Waals surface area contributed by atoms with Crippen molar-refractivity contribution in [3.05, 3.63) is 41.6 Å². The topological polar surface area (TPSA) is 115 Å². The van der Waals surface area contributed by atoms with E-state index in [4.69, 9.17) is 14.7 Å². The van der Waals surface area contributed by atoms with Crippen LogP contribution in [0, 0.1) is 5.92 Å². The Morgan fingerprint density at radius 1 is 1.22 bits per heavy atom. The zero-order valence-corrected chi connectivity index (χ0v) is 21.1. The minimum absolute atomic E-state index is 0.127. The van der Waals surface area contributed by atoms with Crippen molar-refractivity contribution in [3.8, 4) is 17.3 Å². The van der Waals surface area contributed by atoms with Gasteiger partial charge in [0, 0.05) is 33.1 Å². The standard InChI is InChI=1S/C26H30N6O4/c1-14(27-26(35)30(2)3)18-9-8-16-11-20(32(23(16)28-18)13-15-6-7-15)24-29-19-10-17(25(33)34)12-21(36-5)22(19)31(24)4/h8-12,14-15H,6-7,13H2,1-5H3,(H,27,35)(H,33,34)/t14-/m1/s1. The van der Waals surface area contributed by atoms with Crippen LogP contribution in [0.5, 0.6) is 5.75 Å². The summed E-state index contributed by atoms with van der Waals surface area (Å²) in [7, 11) is 6.84. The second-order valence-electron chi connectivity index (χ2n) is 9.64. The molecule has 188 valence electrons. The Balaban J connectivity index is 1.65. The van der Waals surface area contributed by atoms with Gasteiger partial charge in [0.2, 0.25) is 0 Å². The second-order valence-corrected chi connectivity index (χ2v) is 9.64. The highest BCUT2D eigenvalue weighted by Gasteiger charge is 2.27. The summed E-state index contributed by atoms with van der Waals surface area (Å²) >= 11 is 0. The molecule has 0 radical (unpaired) electrons. The lowest BCUT2D eigenvalue weighted by Crippen LogP contribution is -2.36. The van der Waals surface area contributed by atoms with Crippen molar-refractivity contribution in [2.45, 2.75) is 32.4 Å². The molecule has 1 saturated carbocycles. The highest BCUT2D eigenvalue weighted by Crippen LogP contribution is 2.37. The van der Waals surface area contributed by atoms with Crippen molar-refractivity contribution < 1.29 is 19.4 Å². The van der Waals surface area contributed by atoms with Gasteiger partial charge in [0.05, 0.1) is 35.6 Å². The number of ether oxygens (including phenoxy) is 1. The summed E-state index contributed by atoms with van der Waals surface area (Å²) in [4.78, 5) is 35.1. The quantitative estimate of drug-likeness (QED) is 0.404. The number of nitrogens with one attached hydrogen (secondary N) is 1. The zero-order valence-electron chi connectivity index (χ0n) is 21.1. The van der Waals surface area contributed by atoms with E-state index in [0.29, 0.717) is 23.0 Å². The summed E-state index contributed by atoms with van der Waals surface area (Å²) in [6.07, 6.45) is 2.35. The van der Waals surface area contributed by atoms with Gasteiger partial charge in [-0.25, -0.2) is 19.6 Å². The summed E-state index contributed by atoms with van der Waals surface area (Å²) in [5, 5.41) is 13.5. The first-order chi connectivity index (χ1) is 17.2. The predicted molar refractivity (Wildman–Crippen MR) is 136 cm³/mol. The van der Waals surface area contributed by atoms with Crippen LogP contribution in [0.3, 0.4) is 0 Å². The fraction of sp³-hybridized carbons (Fsp3) is 0.385. The highest BCUT2D eigenvalue weighted by atomic mass is 16.5. The molecule has 0 spiro atoms. The number of benzene rings is 1. The van der Waals surface area contributed by atoms with Crippen LogP contribution in [0.1, 0.15) is 41.9 Å². The number of carbonyl (C=O) groups excluding carboxylic acids is 1. The molecule has 10 nitrogen and oxygen atoms in total. The van der Waals surface area contributed by atoms with Gasteiger partial charge in [0.15, 0.2) is 5.82 Å². The third-order valence-electron chi connectivity index (χ3n) is 6.72. The molecule has 36 heavy (non-hydrogen) atoms. The van der Waals surface area contributed by atoms with Gasteiger partial charge in [-0.1, -0.05) is 0 Å². The lowest BCUT2D eigenvalue weighted by Gasteiger charge is -2.18. The van der Waals surface area contributed by atoms with Gasteiger partial charge < -0.3 is 29.2 Å². The van der Waals surface area contributed by atoms with E-state index in [9.17, 15) is 14.7 Å². The van der Waals surface area contributed by atoms with E-state index in [0.717, 1.165) is 34.5 Å².